The van der Waals surface area contributed by atoms with Gasteiger partial charge in [0.25, 0.3) is 5.56 Å². The molecule has 1 aromatic heterocycles. The molecular weight excluding hydrogens is 516 g/mol. The molecule has 0 amide bonds. The SMILES string of the molecule is CCOC(=O)C1=C(C)N=c2s/c(=C\c3ccc(OC)c(Cl)c3)c(=O)n2C1c1ccc(OC)c(OCC)c1. The molecule has 10 heteroatoms. The van der Waals surface area contributed by atoms with Crippen LogP contribution >= 0.6 is 22.9 Å². The maximum absolute atomic E-state index is 13.8. The predicted octanol–water partition coefficient (Wildman–Crippen LogP) is 3.87. The highest BCUT2D eigenvalue weighted by Crippen LogP contribution is 2.36. The second-order valence-corrected chi connectivity index (χ2v) is 9.46. The number of rotatable bonds is 8. The Labute approximate surface area is 223 Å². The average Bonchev–Trinajstić information content (AvgIpc) is 3.17. The van der Waals surface area contributed by atoms with Crippen molar-refractivity contribution in [3.05, 3.63) is 83.5 Å². The summed E-state index contributed by atoms with van der Waals surface area (Å²) < 4.78 is 23.7. The summed E-state index contributed by atoms with van der Waals surface area (Å²) in [4.78, 5) is 31.9. The van der Waals surface area contributed by atoms with Gasteiger partial charge in [0.15, 0.2) is 16.3 Å². The van der Waals surface area contributed by atoms with Crippen molar-refractivity contribution in [3.8, 4) is 17.2 Å². The minimum atomic E-state index is -0.762. The molecule has 0 fully saturated rings. The Morgan fingerprint density at radius 3 is 2.46 bits per heavy atom. The van der Waals surface area contributed by atoms with Crippen LogP contribution in [0.2, 0.25) is 5.02 Å². The van der Waals surface area contributed by atoms with Gasteiger partial charge in [-0.25, -0.2) is 9.79 Å². The fourth-order valence-corrected chi connectivity index (χ4v) is 5.48. The van der Waals surface area contributed by atoms with Crippen LogP contribution in [0, 0.1) is 0 Å². The summed E-state index contributed by atoms with van der Waals surface area (Å²) in [6.07, 6.45) is 1.75. The van der Waals surface area contributed by atoms with Gasteiger partial charge in [-0.3, -0.25) is 9.36 Å². The van der Waals surface area contributed by atoms with Gasteiger partial charge in [0.05, 0.1) is 54.3 Å². The first-order valence-electron chi connectivity index (χ1n) is 11.7. The lowest BCUT2D eigenvalue weighted by molar-refractivity contribution is -0.139. The van der Waals surface area contributed by atoms with E-state index in [1.54, 1.807) is 58.4 Å². The first-order valence-corrected chi connectivity index (χ1v) is 12.9. The van der Waals surface area contributed by atoms with Crippen LogP contribution < -0.4 is 29.1 Å². The minimum absolute atomic E-state index is 0.192. The van der Waals surface area contributed by atoms with E-state index in [-0.39, 0.29) is 12.2 Å². The van der Waals surface area contributed by atoms with E-state index in [1.807, 2.05) is 19.1 Å². The van der Waals surface area contributed by atoms with E-state index >= 15 is 0 Å². The molecule has 0 N–H and O–H groups in total. The van der Waals surface area contributed by atoms with Gasteiger partial charge >= 0.3 is 5.97 Å². The number of carbonyl (C=O) groups excluding carboxylic acids is 1. The zero-order valence-electron chi connectivity index (χ0n) is 21.2. The lowest BCUT2D eigenvalue weighted by Crippen LogP contribution is -2.40. The topological polar surface area (TPSA) is 88.4 Å². The number of nitrogens with zero attached hydrogens (tertiary/aromatic N) is 2. The number of fused-ring (bicyclic) bond motifs is 1. The molecule has 0 saturated heterocycles. The van der Waals surface area contributed by atoms with Crippen molar-refractivity contribution in [2.45, 2.75) is 26.8 Å². The van der Waals surface area contributed by atoms with E-state index in [9.17, 15) is 9.59 Å². The summed E-state index contributed by atoms with van der Waals surface area (Å²) >= 11 is 7.52. The maximum Gasteiger partial charge on any atom is 0.338 e. The summed E-state index contributed by atoms with van der Waals surface area (Å²) in [5.41, 5.74) is 1.89. The minimum Gasteiger partial charge on any atom is -0.495 e. The molecule has 1 atom stereocenters. The summed E-state index contributed by atoms with van der Waals surface area (Å²) in [6.45, 7) is 5.96. The van der Waals surface area contributed by atoms with Crippen molar-refractivity contribution >= 4 is 35.0 Å². The molecule has 2 heterocycles. The Kier molecular flexibility index (Phi) is 8.04. The second-order valence-electron chi connectivity index (χ2n) is 8.04. The number of esters is 1. The molecule has 0 bridgehead atoms. The first kappa shape index (κ1) is 26.5. The normalized spacial score (nSPS) is 15.2. The second kappa shape index (κ2) is 11.2. The highest BCUT2D eigenvalue weighted by Gasteiger charge is 2.34. The van der Waals surface area contributed by atoms with Gasteiger partial charge in [-0.2, -0.15) is 0 Å². The molecule has 1 aliphatic rings. The molecule has 37 heavy (non-hydrogen) atoms. The van der Waals surface area contributed by atoms with Crippen molar-refractivity contribution in [2.24, 2.45) is 4.99 Å². The highest BCUT2D eigenvalue weighted by molar-refractivity contribution is 7.07. The molecule has 1 unspecified atom stereocenters. The number of carbonyl (C=O) groups is 1. The van der Waals surface area contributed by atoms with E-state index in [4.69, 9.17) is 30.5 Å². The average molecular weight is 543 g/mol. The molecular formula is C27H27ClN2O6S. The quantitative estimate of drug-likeness (QED) is 0.402. The molecule has 3 aromatic rings. The van der Waals surface area contributed by atoms with E-state index < -0.39 is 12.0 Å². The zero-order valence-corrected chi connectivity index (χ0v) is 22.7. The number of hydrogen-bond acceptors (Lipinski definition) is 8. The number of aromatic nitrogens is 1. The van der Waals surface area contributed by atoms with Crippen LogP contribution in [0.15, 0.2) is 57.5 Å². The summed E-state index contributed by atoms with van der Waals surface area (Å²) in [5.74, 6) is 1.07. The Morgan fingerprint density at radius 1 is 1.08 bits per heavy atom. The molecule has 8 nitrogen and oxygen atoms in total. The third-order valence-corrected chi connectivity index (χ3v) is 7.07. The smallest absolute Gasteiger partial charge is 0.338 e. The first-order chi connectivity index (χ1) is 17.8. The predicted molar refractivity (Wildman–Crippen MR) is 143 cm³/mol. The lowest BCUT2D eigenvalue weighted by Gasteiger charge is -2.25. The Balaban J connectivity index is 1.94. The number of halogens is 1. The van der Waals surface area contributed by atoms with Crippen LogP contribution in [0.4, 0.5) is 0 Å². The van der Waals surface area contributed by atoms with Crippen molar-refractivity contribution < 1.29 is 23.7 Å². The number of hydrogen-bond donors (Lipinski definition) is 0. The Hall–Kier alpha value is -3.56. The van der Waals surface area contributed by atoms with Crippen LogP contribution in [-0.4, -0.2) is 38.0 Å². The van der Waals surface area contributed by atoms with Gasteiger partial charge in [0, 0.05) is 0 Å². The van der Waals surface area contributed by atoms with E-state index in [2.05, 4.69) is 4.99 Å². The molecule has 1 aliphatic heterocycles. The third-order valence-electron chi connectivity index (χ3n) is 5.79. The molecule has 0 saturated carbocycles. The molecule has 0 spiro atoms. The monoisotopic (exact) mass is 542 g/mol. The van der Waals surface area contributed by atoms with Gasteiger partial charge in [0.1, 0.15) is 5.75 Å². The van der Waals surface area contributed by atoms with Gasteiger partial charge in [-0.15, -0.1) is 0 Å². The fraction of sp³-hybridized carbons (Fsp3) is 0.296. The molecule has 2 aromatic carbocycles. The van der Waals surface area contributed by atoms with Gasteiger partial charge < -0.3 is 18.9 Å². The van der Waals surface area contributed by atoms with Gasteiger partial charge in [0.2, 0.25) is 0 Å². The van der Waals surface area contributed by atoms with Gasteiger partial charge in [-0.05, 0) is 62.2 Å². The fourth-order valence-electron chi connectivity index (χ4n) is 4.16. The summed E-state index contributed by atoms with van der Waals surface area (Å²) in [5, 5.41) is 0.434. The van der Waals surface area contributed by atoms with Crippen molar-refractivity contribution in [3.63, 3.8) is 0 Å². The van der Waals surface area contributed by atoms with Crippen LogP contribution in [0.5, 0.6) is 17.2 Å². The molecule has 4 rings (SSSR count). The Bertz CT molecular complexity index is 1560. The molecule has 0 aliphatic carbocycles. The van der Waals surface area contributed by atoms with Crippen molar-refractivity contribution in [1.82, 2.24) is 4.57 Å². The number of benzene rings is 2. The molecule has 0 radical (unpaired) electrons. The van der Waals surface area contributed by atoms with Crippen LogP contribution in [-0.2, 0) is 9.53 Å². The summed E-state index contributed by atoms with van der Waals surface area (Å²) in [6, 6.07) is 9.87. The van der Waals surface area contributed by atoms with E-state index in [1.165, 1.54) is 15.9 Å². The maximum atomic E-state index is 13.8. The standard InChI is InChI=1S/C27H27ClN2O6S/c1-6-35-21-14-17(9-11-20(21)34-5)24-23(26(32)36-7-2)15(3)29-27-30(24)25(31)22(37-27)13-16-8-10-19(33-4)18(28)12-16/h8-14,24H,6-7H2,1-5H3/b22-13-. The van der Waals surface area contributed by atoms with Crippen LogP contribution in [0.3, 0.4) is 0 Å². The van der Waals surface area contributed by atoms with E-state index in [0.29, 0.717) is 55.0 Å². The van der Waals surface area contributed by atoms with Crippen molar-refractivity contribution in [1.29, 1.82) is 0 Å². The van der Waals surface area contributed by atoms with Crippen LogP contribution in [0.25, 0.3) is 6.08 Å². The van der Waals surface area contributed by atoms with E-state index in [0.717, 1.165) is 5.56 Å². The third kappa shape index (κ3) is 5.14. The highest BCUT2D eigenvalue weighted by atomic mass is 35.5. The van der Waals surface area contributed by atoms with Gasteiger partial charge in [-0.1, -0.05) is 35.1 Å². The van der Waals surface area contributed by atoms with Crippen molar-refractivity contribution in [2.75, 3.05) is 27.4 Å². The lowest BCUT2D eigenvalue weighted by atomic mass is 9.95. The van der Waals surface area contributed by atoms with Crippen LogP contribution in [0.1, 0.15) is 37.9 Å². The number of methoxy groups -OCH3 is 2. The number of ether oxygens (including phenoxy) is 4. The number of allylic oxidation sites excluding steroid dienone is 1. The largest absolute Gasteiger partial charge is 0.495 e. The molecule has 194 valence electrons. The number of thiazole rings is 1. The summed E-state index contributed by atoms with van der Waals surface area (Å²) in [7, 11) is 3.10. The zero-order chi connectivity index (χ0) is 26.7. The Morgan fingerprint density at radius 2 is 1.81 bits per heavy atom.